The Morgan fingerprint density at radius 3 is 2.19 bits per heavy atom. The second-order valence-corrected chi connectivity index (χ2v) is 7.30. The third-order valence-electron chi connectivity index (χ3n) is 3.53. The number of carbonyl (C=O) groups excluding carboxylic acids is 1. The number of amides is 1. The number of nitrogens with zero attached hydrogens (tertiary/aromatic N) is 1. The van der Waals surface area contributed by atoms with Crippen molar-refractivity contribution in [1.82, 2.24) is 4.31 Å². The SMILES string of the molecule is Cc1cc(N)c(C)c(S(=O)(=O)N(CC(N)=O)C(C)C)c1C. The van der Waals surface area contributed by atoms with Crippen LogP contribution in [0.15, 0.2) is 11.0 Å². The Balaban J connectivity index is 3.60. The normalized spacial score (nSPS) is 12.1. The summed E-state index contributed by atoms with van der Waals surface area (Å²) >= 11 is 0. The van der Waals surface area contributed by atoms with Gasteiger partial charge in [0.05, 0.1) is 11.4 Å². The van der Waals surface area contributed by atoms with Gasteiger partial charge in [-0.2, -0.15) is 4.31 Å². The second-order valence-electron chi connectivity index (χ2n) is 5.47. The molecule has 6 nitrogen and oxygen atoms in total. The molecule has 1 amide bonds. The molecule has 0 saturated heterocycles. The molecule has 0 spiro atoms. The van der Waals surface area contributed by atoms with Gasteiger partial charge in [-0.25, -0.2) is 8.42 Å². The number of primary amides is 1. The number of carbonyl (C=O) groups is 1. The molecule has 1 rings (SSSR count). The van der Waals surface area contributed by atoms with Crippen molar-refractivity contribution < 1.29 is 13.2 Å². The van der Waals surface area contributed by atoms with Crippen LogP contribution in [-0.2, 0) is 14.8 Å². The van der Waals surface area contributed by atoms with Gasteiger partial charge in [0.2, 0.25) is 15.9 Å². The summed E-state index contributed by atoms with van der Waals surface area (Å²) < 4.78 is 26.9. The summed E-state index contributed by atoms with van der Waals surface area (Å²) in [6.07, 6.45) is 0. The summed E-state index contributed by atoms with van der Waals surface area (Å²) in [6.45, 7) is 8.24. The molecule has 1 aromatic rings. The molecule has 118 valence electrons. The van der Waals surface area contributed by atoms with Crippen LogP contribution in [-0.4, -0.2) is 31.2 Å². The highest BCUT2D eigenvalue weighted by Gasteiger charge is 2.32. The van der Waals surface area contributed by atoms with E-state index in [9.17, 15) is 13.2 Å². The molecule has 0 aliphatic rings. The van der Waals surface area contributed by atoms with Crippen LogP contribution in [0, 0.1) is 20.8 Å². The van der Waals surface area contributed by atoms with Gasteiger partial charge in [-0.15, -0.1) is 0 Å². The smallest absolute Gasteiger partial charge is 0.244 e. The van der Waals surface area contributed by atoms with Gasteiger partial charge in [0, 0.05) is 11.7 Å². The standard InChI is InChI=1S/C14H23N3O3S/c1-8(2)17(7-13(16)18)21(19,20)14-10(4)9(3)6-12(15)11(14)5/h6,8H,7,15H2,1-5H3,(H2,16,18). The number of aryl methyl sites for hydroxylation is 1. The Morgan fingerprint density at radius 2 is 1.76 bits per heavy atom. The first-order chi connectivity index (χ1) is 9.50. The maximum Gasteiger partial charge on any atom is 0.244 e. The number of hydrogen-bond acceptors (Lipinski definition) is 4. The zero-order chi connectivity index (χ0) is 16.5. The van der Waals surface area contributed by atoms with Crippen LogP contribution in [0.2, 0.25) is 0 Å². The quantitative estimate of drug-likeness (QED) is 0.793. The Morgan fingerprint density at radius 1 is 1.24 bits per heavy atom. The van der Waals surface area contributed by atoms with Crippen molar-refractivity contribution in [2.45, 2.75) is 45.6 Å². The topological polar surface area (TPSA) is 106 Å². The average molecular weight is 313 g/mol. The predicted octanol–water partition coefficient (Wildman–Crippen LogP) is 1.08. The van der Waals surface area contributed by atoms with Crippen LogP contribution < -0.4 is 11.5 Å². The highest BCUT2D eigenvalue weighted by molar-refractivity contribution is 7.89. The van der Waals surface area contributed by atoms with Crippen LogP contribution in [0.3, 0.4) is 0 Å². The number of nitrogen functional groups attached to an aromatic ring is 1. The largest absolute Gasteiger partial charge is 0.398 e. The van der Waals surface area contributed by atoms with Crippen LogP contribution in [0.4, 0.5) is 5.69 Å². The third-order valence-corrected chi connectivity index (χ3v) is 5.83. The lowest BCUT2D eigenvalue weighted by atomic mass is 10.1. The molecule has 0 bridgehead atoms. The van der Waals surface area contributed by atoms with Crippen molar-refractivity contribution in [2.24, 2.45) is 5.73 Å². The van der Waals surface area contributed by atoms with Gasteiger partial charge in [-0.1, -0.05) is 0 Å². The Hall–Kier alpha value is -1.60. The fraction of sp³-hybridized carbons (Fsp3) is 0.500. The molecule has 21 heavy (non-hydrogen) atoms. The molecule has 0 fully saturated rings. The summed E-state index contributed by atoms with van der Waals surface area (Å²) in [4.78, 5) is 11.3. The summed E-state index contributed by atoms with van der Waals surface area (Å²) in [7, 11) is -3.85. The summed E-state index contributed by atoms with van der Waals surface area (Å²) in [5, 5.41) is 0. The lowest BCUT2D eigenvalue weighted by Gasteiger charge is -2.27. The first-order valence-corrected chi connectivity index (χ1v) is 8.10. The minimum absolute atomic E-state index is 0.162. The van der Waals surface area contributed by atoms with Gasteiger partial charge in [0.1, 0.15) is 0 Å². The van der Waals surface area contributed by atoms with E-state index in [1.54, 1.807) is 40.7 Å². The van der Waals surface area contributed by atoms with E-state index in [4.69, 9.17) is 11.5 Å². The summed E-state index contributed by atoms with van der Waals surface area (Å²) in [6, 6.07) is 1.36. The van der Waals surface area contributed by atoms with Crippen LogP contribution in [0.5, 0.6) is 0 Å². The molecule has 0 aliphatic heterocycles. The lowest BCUT2D eigenvalue weighted by Crippen LogP contribution is -2.43. The summed E-state index contributed by atoms with van der Waals surface area (Å²) in [5.41, 5.74) is 13.4. The van der Waals surface area contributed by atoms with Gasteiger partial charge >= 0.3 is 0 Å². The van der Waals surface area contributed by atoms with Crippen LogP contribution in [0.25, 0.3) is 0 Å². The average Bonchev–Trinajstić information content (AvgIpc) is 2.33. The number of sulfonamides is 1. The van der Waals surface area contributed by atoms with E-state index in [1.165, 1.54) is 0 Å². The number of anilines is 1. The van der Waals surface area contributed by atoms with Crippen molar-refractivity contribution >= 4 is 21.6 Å². The molecule has 0 radical (unpaired) electrons. The van der Waals surface area contributed by atoms with E-state index in [-0.39, 0.29) is 17.5 Å². The minimum Gasteiger partial charge on any atom is -0.398 e. The molecule has 7 heteroatoms. The highest BCUT2D eigenvalue weighted by atomic mass is 32.2. The first kappa shape index (κ1) is 17.5. The molecule has 0 unspecified atom stereocenters. The highest BCUT2D eigenvalue weighted by Crippen LogP contribution is 2.30. The summed E-state index contributed by atoms with van der Waals surface area (Å²) in [5.74, 6) is -0.691. The van der Waals surface area contributed by atoms with Crippen molar-refractivity contribution in [3.63, 3.8) is 0 Å². The van der Waals surface area contributed by atoms with Gasteiger partial charge in [0.15, 0.2) is 0 Å². The number of hydrogen-bond donors (Lipinski definition) is 2. The van der Waals surface area contributed by atoms with E-state index in [2.05, 4.69) is 0 Å². The van der Waals surface area contributed by atoms with Crippen molar-refractivity contribution in [1.29, 1.82) is 0 Å². The number of nitrogens with two attached hydrogens (primary N) is 2. The van der Waals surface area contributed by atoms with Crippen molar-refractivity contribution in [3.05, 3.63) is 22.8 Å². The van der Waals surface area contributed by atoms with Crippen molar-refractivity contribution in [2.75, 3.05) is 12.3 Å². The molecule has 0 aliphatic carbocycles. The van der Waals surface area contributed by atoms with Gasteiger partial charge in [0.25, 0.3) is 0 Å². The van der Waals surface area contributed by atoms with Gasteiger partial charge < -0.3 is 11.5 Å². The predicted molar refractivity (Wildman–Crippen MR) is 83.3 cm³/mol. The lowest BCUT2D eigenvalue weighted by molar-refractivity contribution is -0.118. The minimum atomic E-state index is -3.85. The molecule has 0 saturated carbocycles. The van der Waals surface area contributed by atoms with Crippen molar-refractivity contribution in [3.8, 4) is 0 Å². The Labute approximate surface area is 126 Å². The molecule has 1 aromatic carbocycles. The van der Waals surface area contributed by atoms with E-state index >= 15 is 0 Å². The maximum atomic E-state index is 12.9. The number of benzene rings is 1. The van der Waals surface area contributed by atoms with Crippen LogP contribution >= 0.6 is 0 Å². The van der Waals surface area contributed by atoms with E-state index in [0.717, 1.165) is 9.87 Å². The second kappa shape index (κ2) is 6.03. The molecular weight excluding hydrogens is 290 g/mol. The Bertz CT molecular complexity index is 640. The van der Waals surface area contributed by atoms with E-state index in [1.807, 2.05) is 0 Å². The van der Waals surface area contributed by atoms with Gasteiger partial charge in [-0.05, 0) is 57.4 Å². The van der Waals surface area contributed by atoms with E-state index in [0.29, 0.717) is 16.8 Å². The first-order valence-electron chi connectivity index (χ1n) is 6.66. The van der Waals surface area contributed by atoms with E-state index < -0.39 is 15.9 Å². The third kappa shape index (κ3) is 3.36. The molecule has 4 N–H and O–H groups in total. The zero-order valence-corrected chi connectivity index (χ0v) is 13.9. The Kier molecular flexibility index (Phi) is 5.01. The monoisotopic (exact) mass is 313 g/mol. The molecule has 0 heterocycles. The van der Waals surface area contributed by atoms with Gasteiger partial charge in [-0.3, -0.25) is 4.79 Å². The fourth-order valence-electron chi connectivity index (χ4n) is 2.24. The maximum absolute atomic E-state index is 12.9. The molecule has 0 atom stereocenters. The zero-order valence-electron chi connectivity index (χ0n) is 13.1. The molecular formula is C14H23N3O3S. The van der Waals surface area contributed by atoms with Crippen LogP contribution in [0.1, 0.15) is 30.5 Å². The molecule has 0 aromatic heterocycles. The fourth-order valence-corrected chi connectivity index (χ4v) is 4.38. The number of rotatable bonds is 5.